The molecule has 0 aliphatic heterocycles. The fourth-order valence-electron chi connectivity index (χ4n) is 2.78. The lowest BCUT2D eigenvalue weighted by molar-refractivity contribution is 0.269. The van der Waals surface area contributed by atoms with E-state index in [-0.39, 0.29) is 6.61 Å². The van der Waals surface area contributed by atoms with Crippen LogP contribution in [0, 0.1) is 6.92 Å². The fraction of sp³-hybridized carbons (Fsp3) is 0.217. The first-order valence-electron chi connectivity index (χ1n) is 9.29. The van der Waals surface area contributed by atoms with Crippen molar-refractivity contribution in [2.75, 3.05) is 11.9 Å². The fourth-order valence-corrected chi connectivity index (χ4v) is 3.51. The molecular formula is C23H22Cl3NO2. The van der Waals surface area contributed by atoms with Gasteiger partial charge < -0.3 is 14.8 Å². The zero-order chi connectivity index (χ0) is 20.8. The minimum atomic E-state index is 0.218. The molecule has 3 aromatic rings. The van der Waals surface area contributed by atoms with E-state index in [2.05, 4.69) is 24.4 Å². The average Bonchev–Trinajstić information content (AvgIpc) is 2.69. The van der Waals surface area contributed by atoms with Crippen LogP contribution in [0.25, 0.3) is 0 Å². The molecule has 3 aromatic carbocycles. The molecule has 0 bridgehead atoms. The van der Waals surface area contributed by atoms with Crippen LogP contribution in [0.4, 0.5) is 5.69 Å². The van der Waals surface area contributed by atoms with Gasteiger partial charge in [-0.1, -0.05) is 58.6 Å². The summed E-state index contributed by atoms with van der Waals surface area (Å²) in [4.78, 5) is 0. The van der Waals surface area contributed by atoms with Gasteiger partial charge in [-0.05, 0) is 49.7 Å². The van der Waals surface area contributed by atoms with Gasteiger partial charge in [0.25, 0.3) is 0 Å². The van der Waals surface area contributed by atoms with Crippen molar-refractivity contribution < 1.29 is 9.47 Å². The van der Waals surface area contributed by atoms with Gasteiger partial charge in [-0.15, -0.1) is 0 Å². The van der Waals surface area contributed by atoms with Gasteiger partial charge in [-0.2, -0.15) is 0 Å². The molecule has 0 aromatic heterocycles. The summed E-state index contributed by atoms with van der Waals surface area (Å²) in [7, 11) is 0. The highest BCUT2D eigenvalue weighted by molar-refractivity contribution is 6.36. The summed E-state index contributed by atoms with van der Waals surface area (Å²) in [5, 5.41) is 5.08. The lowest BCUT2D eigenvalue weighted by atomic mass is 10.1. The van der Waals surface area contributed by atoms with Gasteiger partial charge >= 0.3 is 0 Å². The van der Waals surface area contributed by atoms with Crippen LogP contribution in [0.3, 0.4) is 0 Å². The van der Waals surface area contributed by atoms with Gasteiger partial charge in [0.15, 0.2) is 11.5 Å². The number of anilines is 1. The third-order valence-electron chi connectivity index (χ3n) is 4.38. The summed E-state index contributed by atoms with van der Waals surface area (Å²) in [5.74, 6) is 1.17. The molecule has 0 atom stereocenters. The minimum absolute atomic E-state index is 0.218. The molecule has 3 rings (SSSR count). The van der Waals surface area contributed by atoms with Crippen molar-refractivity contribution in [3.8, 4) is 11.5 Å². The number of hydrogen-bond acceptors (Lipinski definition) is 3. The summed E-state index contributed by atoms with van der Waals surface area (Å²) in [6, 6.07) is 17.2. The van der Waals surface area contributed by atoms with Crippen LogP contribution in [0.15, 0.2) is 54.6 Å². The van der Waals surface area contributed by atoms with Crippen LogP contribution < -0.4 is 14.8 Å². The molecule has 0 heterocycles. The molecule has 3 nitrogen and oxygen atoms in total. The molecule has 0 aliphatic carbocycles. The second-order valence-electron chi connectivity index (χ2n) is 6.53. The van der Waals surface area contributed by atoms with Crippen LogP contribution in [-0.4, -0.2) is 6.61 Å². The van der Waals surface area contributed by atoms with E-state index in [0.717, 1.165) is 16.8 Å². The maximum absolute atomic E-state index is 6.51. The van der Waals surface area contributed by atoms with Crippen LogP contribution in [-0.2, 0) is 13.2 Å². The van der Waals surface area contributed by atoms with E-state index < -0.39 is 0 Å². The van der Waals surface area contributed by atoms with Crippen molar-refractivity contribution in [1.29, 1.82) is 0 Å². The van der Waals surface area contributed by atoms with Crippen LogP contribution >= 0.6 is 34.8 Å². The number of rotatable bonds is 8. The number of aryl methyl sites for hydroxylation is 1. The molecular weight excluding hydrogens is 429 g/mol. The van der Waals surface area contributed by atoms with Crippen molar-refractivity contribution in [2.24, 2.45) is 0 Å². The van der Waals surface area contributed by atoms with E-state index in [1.807, 2.05) is 25.1 Å². The van der Waals surface area contributed by atoms with Gasteiger partial charge in [0.05, 0.1) is 6.61 Å². The maximum atomic E-state index is 6.51. The molecule has 0 fully saturated rings. The lowest BCUT2D eigenvalue weighted by Gasteiger charge is -2.16. The summed E-state index contributed by atoms with van der Waals surface area (Å²) in [6.45, 7) is 5.28. The van der Waals surface area contributed by atoms with Crippen LogP contribution in [0.5, 0.6) is 11.5 Å². The predicted molar refractivity (Wildman–Crippen MR) is 122 cm³/mol. The molecule has 0 saturated heterocycles. The van der Waals surface area contributed by atoms with E-state index in [1.165, 1.54) is 5.56 Å². The van der Waals surface area contributed by atoms with Gasteiger partial charge in [-0.3, -0.25) is 0 Å². The molecule has 152 valence electrons. The summed E-state index contributed by atoms with van der Waals surface area (Å²) in [5.41, 5.74) is 3.88. The zero-order valence-electron chi connectivity index (χ0n) is 16.3. The largest absolute Gasteiger partial charge is 0.490 e. The highest BCUT2D eigenvalue weighted by Crippen LogP contribution is 2.35. The molecule has 6 heteroatoms. The van der Waals surface area contributed by atoms with E-state index >= 15 is 0 Å². The van der Waals surface area contributed by atoms with Crippen LogP contribution in [0.2, 0.25) is 15.1 Å². The standard InChI is InChI=1S/C23H22Cl3NO2/c1-3-28-22-11-16(13-27-17-9-7-15(2)8-10-17)21(26)12-23(22)29-14-18-19(24)5-4-6-20(18)25/h4-12,27H,3,13-14H2,1-2H3. The SMILES string of the molecule is CCOc1cc(CNc2ccc(C)cc2)c(Cl)cc1OCc1c(Cl)cccc1Cl. The van der Waals surface area contributed by atoms with Crippen molar-refractivity contribution in [2.45, 2.75) is 27.0 Å². The average molecular weight is 451 g/mol. The Morgan fingerprint density at radius 3 is 2.14 bits per heavy atom. The van der Waals surface area contributed by atoms with E-state index in [9.17, 15) is 0 Å². The van der Waals surface area contributed by atoms with Gasteiger partial charge in [0.1, 0.15) is 6.61 Å². The highest BCUT2D eigenvalue weighted by Gasteiger charge is 2.13. The number of halogens is 3. The Morgan fingerprint density at radius 1 is 0.828 bits per heavy atom. The van der Waals surface area contributed by atoms with Gasteiger partial charge in [0, 0.05) is 38.9 Å². The maximum Gasteiger partial charge on any atom is 0.163 e. The zero-order valence-corrected chi connectivity index (χ0v) is 18.5. The van der Waals surface area contributed by atoms with E-state index in [1.54, 1.807) is 24.3 Å². The molecule has 29 heavy (non-hydrogen) atoms. The van der Waals surface area contributed by atoms with Crippen molar-refractivity contribution in [3.05, 3.63) is 86.4 Å². The first kappa shape index (κ1) is 21.6. The summed E-state index contributed by atoms with van der Waals surface area (Å²) >= 11 is 19.0. The predicted octanol–water partition coefficient (Wildman–Crippen LogP) is 7.55. The molecule has 0 radical (unpaired) electrons. The molecule has 0 unspecified atom stereocenters. The Kier molecular flexibility index (Phi) is 7.54. The second kappa shape index (κ2) is 10.1. The topological polar surface area (TPSA) is 30.5 Å². The Labute approximate surface area is 186 Å². The third kappa shape index (κ3) is 5.72. The van der Waals surface area contributed by atoms with Crippen LogP contribution in [0.1, 0.15) is 23.6 Å². The Morgan fingerprint density at radius 2 is 1.48 bits per heavy atom. The number of nitrogens with one attached hydrogen (secondary N) is 1. The van der Waals surface area contributed by atoms with Crippen molar-refractivity contribution in [1.82, 2.24) is 0 Å². The first-order valence-corrected chi connectivity index (χ1v) is 10.4. The summed E-state index contributed by atoms with van der Waals surface area (Å²) in [6.07, 6.45) is 0. The minimum Gasteiger partial charge on any atom is -0.490 e. The van der Waals surface area contributed by atoms with Crippen molar-refractivity contribution in [3.63, 3.8) is 0 Å². The lowest BCUT2D eigenvalue weighted by Crippen LogP contribution is -2.04. The molecule has 0 aliphatic rings. The molecule has 0 spiro atoms. The first-order chi connectivity index (χ1) is 14.0. The molecule has 0 amide bonds. The number of hydrogen-bond donors (Lipinski definition) is 1. The Balaban J connectivity index is 1.77. The summed E-state index contributed by atoms with van der Waals surface area (Å²) < 4.78 is 11.7. The molecule has 1 N–H and O–H groups in total. The van der Waals surface area contributed by atoms with E-state index in [4.69, 9.17) is 44.3 Å². The highest BCUT2D eigenvalue weighted by atomic mass is 35.5. The molecule has 0 saturated carbocycles. The smallest absolute Gasteiger partial charge is 0.163 e. The number of benzene rings is 3. The Hall–Kier alpha value is -2.07. The Bertz CT molecular complexity index is 954. The quantitative estimate of drug-likeness (QED) is 0.384. The van der Waals surface area contributed by atoms with Gasteiger partial charge in [-0.25, -0.2) is 0 Å². The van der Waals surface area contributed by atoms with Gasteiger partial charge in [0.2, 0.25) is 0 Å². The second-order valence-corrected chi connectivity index (χ2v) is 7.75. The van der Waals surface area contributed by atoms with Crippen molar-refractivity contribution >= 4 is 40.5 Å². The number of ether oxygens (including phenoxy) is 2. The third-order valence-corrected chi connectivity index (χ3v) is 5.44. The monoisotopic (exact) mass is 449 g/mol. The normalized spacial score (nSPS) is 10.7. The van der Waals surface area contributed by atoms with E-state index in [0.29, 0.717) is 39.7 Å².